The van der Waals surface area contributed by atoms with Crippen LogP contribution >= 0.6 is 0 Å². The molecule has 0 amide bonds. The summed E-state index contributed by atoms with van der Waals surface area (Å²) in [7, 11) is 0. The molecular formula is C14H22N2O2. The molecule has 1 aromatic carbocycles. The number of amidine groups is 1. The molecule has 0 atom stereocenters. The zero-order valence-electron chi connectivity index (χ0n) is 11.5. The molecule has 18 heavy (non-hydrogen) atoms. The van der Waals surface area contributed by atoms with Gasteiger partial charge in [-0.1, -0.05) is 30.3 Å². The smallest absolute Gasteiger partial charge is 0.323 e. The van der Waals surface area contributed by atoms with Crippen LogP contribution in [0.2, 0.25) is 0 Å². The third-order valence-electron chi connectivity index (χ3n) is 1.99. The van der Waals surface area contributed by atoms with Gasteiger partial charge in [0.2, 0.25) is 0 Å². The standard InChI is InChI=1S/C14H22N2O2/c1-11(2)15-14(16-12(3)4)18-17-10-13-8-6-5-7-9-13/h5-9,11-12H,10H2,1-4H3,(H,15,16). The van der Waals surface area contributed by atoms with E-state index in [4.69, 9.17) is 9.78 Å². The minimum absolute atomic E-state index is 0.159. The molecule has 4 nitrogen and oxygen atoms in total. The third-order valence-corrected chi connectivity index (χ3v) is 1.99. The molecule has 1 rings (SSSR count). The second-order valence-electron chi connectivity index (χ2n) is 4.66. The number of rotatable bonds is 5. The van der Waals surface area contributed by atoms with Crippen molar-refractivity contribution in [1.82, 2.24) is 5.32 Å². The fraction of sp³-hybridized carbons (Fsp3) is 0.500. The average molecular weight is 250 g/mol. The van der Waals surface area contributed by atoms with E-state index in [1.54, 1.807) is 0 Å². The van der Waals surface area contributed by atoms with Gasteiger partial charge in [0, 0.05) is 12.1 Å². The first kappa shape index (κ1) is 14.5. The molecule has 0 aliphatic rings. The first-order chi connectivity index (χ1) is 8.58. The van der Waals surface area contributed by atoms with E-state index in [9.17, 15) is 0 Å². The van der Waals surface area contributed by atoms with Crippen LogP contribution in [0.15, 0.2) is 35.3 Å². The zero-order chi connectivity index (χ0) is 13.4. The van der Waals surface area contributed by atoms with E-state index in [1.165, 1.54) is 0 Å². The highest BCUT2D eigenvalue weighted by Crippen LogP contribution is 2.01. The molecule has 0 spiro atoms. The van der Waals surface area contributed by atoms with Gasteiger partial charge >= 0.3 is 6.02 Å². The van der Waals surface area contributed by atoms with Crippen LogP contribution in [-0.2, 0) is 16.4 Å². The Bertz CT molecular complexity index is 361. The molecule has 0 radical (unpaired) electrons. The maximum atomic E-state index is 5.21. The van der Waals surface area contributed by atoms with E-state index in [0.29, 0.717) is 12.6 Å². The molecule has 100 valence electrons. The molecule has 0 fully saturated rings. The fourth-order valence-electron chi connectivity index (χ4n) is 1.29. The molecule has 0 aliphatic heterocycles. The number of nitrogens with one attached hydrogen (secondary N) is 1. The van der Waals surface area contributed by atoms with Crippen LogP contribution in [0.25, 0.3) is 0 Å². The predicted octanol–water partition coefficient (Wildman–Crippen LogP) is 2.90. The predicted molar refractivity (Wildman–Crippen MR) is 73.2 cm³/mol. The minimum atomic E-state index is 0.159. The Hall–Kier alpha value is -1.55. The summed E-state index contributed by atoms with van der Waals surface area (Å²) in [5, 5.41) is 3.10. The second-order valence-corrected chi connectivity index (χ2v) is 4.66. The zero-order valence-corrected chi connectivity index (χ0v) is 11.5. The molecule has 1 N–H and O–H groups in total. The van der Waals surface area contributed by atoms with Gasteiger partial charge < -0.3 is 5.32 Å². The van der Waals surface area contributed by atoms with Crippen LogP contribution in [-0.4, -0.2) is 18.1 Å². The highest BCUT2D eigenvalue weighted by Gasteiger charge is 2.05. The Labute approximate surface area is 109 Å². The molecule has 0 aliphatic carbocycles. The molecule has 4 heteroatoms. The maximum absolute atomic E-state index is 5.21. The summed E-state index contributed by atoms with van der Waals surface area (Å²) in [5.41, 5.74) is 1.06. The van der Waals surface area contributed by atoms with Crippen molar-refractivity contribution in [1.29, 1.82) is 0 Å². The second kappa shape index (κ2) is 7.71. The Balaban J connectivity index is 2.42. The van der Waals surface area contributed by atoms with Crippen molar-refractivity contribution in [3.05, 3.63) is 35.9 Å². The summed E-state index contributed by atoms with van der Waals surface area (Å²) >= 11 is 0. The largest absolute Gasteiger partial charge is 0.335 e. The van der Waals surface area contributed by atoms with Crippen LogP contribution in [0, 0.1) is 0 Å². The third kappa shape index (κ3) is 6.25. The van der Waals surface area contributed by atoms with Crippen molar-refractivity contribution in [3.63, 3.8) is 0 Å². The highest BCUT2D eigenvalue weighted by molar-refractivity contribution is 5.73. The van der Waals surface area contributed by atoms with Crippen LogP contribution in [0.1, 0.15) is 33.3 Å². The van der Waals surface area contributed by atoms with E-state index in [2.05, 4.69) is 10.3 Å². The van der Waals surface area contributed by atoms with Crippen molar-refractivity contribution in [2.45, 2.75) is 46.4 Å². The van der Waals surface area contributed by atoms with Gasteiger partial charge in [-0.15, -0.1) is 0 Å². The number of aliphatic imine (C=N–C) groups is 1. The van der Waals surface area contributed by atoms with Gasteiger partial charge in [-0.3, -0.25) is 4.89 Å². The summed E-state index contributed by atoms with van der Waals surface area (Å²) < 4.78 is 0. The normalized spacial score (nSPS) is 12.0. The maximum Gasteiger partial charge on any atom is 0.323 e. The molecule has 1 aromatic rings. The summed E-state index contributed by atoms with van der Waals surface area (Å²) in [6, 6.07) is 10.7. The quantitative estimate of drug-likeness (QED) is 0.378. The summed E-state index contributed by atoms with van der Waals surface area (Å²) in [5.74, 6) is 0. The topological polar surface area (TPSA) is 42.9 Å². The number of nitrogens with zero attached hydrogens (tertiary/aromatic N) is 1. The van der Waals surface area contributed by atoms with Gasteiger partial charge in [-0.25, -0.2) is 4.99 Å². The number of benzene rings is 1. The Morgan fingerprint density at radius 1 is 1.17 bits per heavy atom. The van der Waals surface area contributed by atoms with Crippen molar-refractivity contribution in [2.75, 3.05) is 0 Å². The van der Waals surface area contributed by atoms with Gasteiger partial charge in [0.05, 0.1) is 0 Å². The van der Waals surface area contributed by atoms with Crippen LogP contribution < -0.4 is 5.32 Å². The summed E-state index contributed by atoms with van der Waals surface area (Å²) in [6.07, 6.45) is 0. The van der Waals surface area contributed by atoms with Crippen molar-refractivity contribution in [2.24, 2.45) is 4.99 Å². The lowest BCUT2D eigenvalue weighted by Crippen LogP contribution is -2.33. The Morgan fingerprint density at radius 3 is 2.39 bits per heavy atom. The van der Waals surface area contributed by atoms with Crippen molar-refractivity contribution >= 4 is 6.02 Å². The van der Waals surface area contributed by atoms with Crippen LogP contribution in [0.3, 0.4) is 0 Å². The molecule has 0 unspecified atom stereocenters. The fourth-order valence-corrected chi connectivity index (χ4v) is 1.29. The first-order valence-electron chi connectivity index (χ1n) is 6.25. The lowest BCUT2D eigenvalue weighted by molar-refractivity contribution is -0.236. The van der Waals surface area contributed by atoms with Gasteiger partial charge in [-0.2, -0.15) is 4.89 Å². The van der Waals surface area contributed by atoms with Gasteiger partial charge in [-0.05, 0) is 33.3 Å². The number of hydrogen-bond acceptors (Lipinski definition) is 3. The van der Waals surface area contributed by atoms with Gasteiger partial charge in [0.15, 0.2) is 0 Å². The van der Waals surface area contributed by atoms with E-state index < -0.39 is 0 Å². The Morgan fingerprint density at radius 2 is 1.83 bits per heavy atom. The first-order valence-corrected chi connectivity index (χ1v) is 6.25. The van der Waals surface area contributed by atoms with E-state index >= 15 is 0 Å². The van der Waals surface area contributed by atoms with E-state index in [1.807, 2.05) is 58.0 Å². The Kier molecular flexibility index (Phi) is 6.22. The van der Waals surface area contributed by atoms with Gasteiger partial charge in [0.25, 0.3) is 0 Å². The van der Waals surface area contributed by atoms with E-state index in [0.717, 1.165) is 5.56 Å². The van der Waals surface area contributed by atoms with Crippen LogP contribution in [0.5, 0.6) is 0 Å². The summed E-state index contributed by atoms with van der Waals surface area (Å²) in [4.78, 5) is 14.7. The minimum Gasteiger partial charge on any atom is -0.335 e. The summed E-state index contributed by atoms with van der Waals surface area (Å²) in [6.45, 7) is 8.43. The van der Waals surface area contributed by atoms with Gasteiger partial charge in [0.1, 0.15) is 6.61 Å². The van der Waals surface area contributed by atoms with Crippen LogP contribution in [0.4, 0.5) is 0 Å². The molecule has 0 aromatic heterocycles. The lowest BCUT2D eigenvalue weighted by Gasteiger charge is -2.13. The SMILES string of the molecule is CC(C)/N=C(\NC(C)C)OOCc1ccccc1. The molecule has 0 heterocycles. The molecule has 0 bridgehead atoms. The molecule has 0 saturated heterocycles. The lowest BCUT2D eigenvalue weighted by atomic mass is 10.2. The van der Waals surface area contributed by atoms with Crippen molar-refractivity contribution < 1.29 is 9.78 Å². The van der Waals surface area contributed by atoms with E-state index in [-0.39, 0.29) is 12.1 Å². The van der Waals surface area contributed by atoms with Crippen molar-refractivity contribution in [3.8, 4) is 0 Å². The molecule has 0 saturated carbocycles. The number of hydrogen-bond donors (Lipinski definition) is 1. The molecular weight excluding hydrogens is 228 g/mol. The average Bonchev–Trinajstić information content (AvgIpc) is 2.28. The highest BCUT2D eigenvalue weighted by atomic mass is 17.2. The monoisotopic (exact) mass is 250 g/mol.